The summed E-state index contributed by atoms with van der Waals surface area (Å²) >= 11 is 1.90. The van der Waals surface area contributed by atoms with E-state index >= 15 is 0 Å². The van der Waals surface area contributed by atoms with Crippen LogP contribution in [0, 0.1) is 5.92 Å². The second-order valence-corrected chi connectivity index (χ2v) is 6.94. The zero-order chi connectivity index (χ0) is 12.5. The van der Waals surface area contributed by atoms with Gasteiger partial charge in [0.1, 0.15) is 5.01 Å². The first-order valence-electron chi connectivity index (χ1n) is 7.08. The molecule has 2 aliphatic rings. The molecule has 2 atom stereocenters. The number of nitrogens with zero attached hydrogens (tertiary/aromatic N) is 2. The van der Waals surface area contributed by atoms with Gasteiger partial charge in [-0.2, -0.15) is 0 Å². The first-order chi connectivity index (χ1) is 8.76. The van der Waals surface area contributed by atoms with Crippen molar-refractivity contribution in [1.29, 1.82) is 0 Å². The molecule has 0 bridgehead atoms. The van der Waals surface area contributed by atoms with Crippen LogP contribution in [0.5, 0.6) is 0 Å². The van der Waals surface area contributed by atoms with Gasteiger partial charge >= 0.3 is 0 Å². The first kappa shape index (κ1) is 12.6. The Hall–Kier alpha value is -0.450. The van der Waals surface area contributed by atoms with Crippen LogP contribution < -0.4 is 0 Å². The molecule has 0 saturated carbocycles. The Morgan fingerprint density at radius 3 is 3.17 bits per heavy atom. The smallest absolute Gasteiger partial charge is 0.107 e. The van der Waals surface area contributed by atoms with Crippen molar-refractivity contribution in [2.45, 2.75) is 51.6 Å². The zero-order valence-electron chi connectivity index (χ0n) is 11.1. The molecule has 1 unspecified atom stereocenters. The summed E-state index contributed by atoms with van der Waals surface area (Å²) in [5.74, 6) is 0.822. The number of aliphatic hydroxyl groups excluding tert-OH is 1. The highest BCUT2D eigenvalue weighted by Gasteiger charge is 2.26. The molecule has 4 heteroatoms. The summed E-state index contributed by atoms with van der Waals surface area (Å²) in [6.45, 7) is 4.69. The van der Waals surface area contributed by atoms with Crippen LogP contribution in [0.3, 0.4) is 0 Å². The van der Waals surface area contributed by atoms with E-state index in [0.717, 1.165) is 31.8 Å². The molecule has 0 spiro atoms. The van der Waals surface area contributed by atoms with Gasteiger partial charge in [0.2, 0.25) is 0 Å². The molecule has 2 heterocycles. The Kier molecular flexibility index (Phi) is 3.68. The third kappa shape index (κ3) is 2.46. The lowest BCUT2D eigenvalue weighted by atomic mass is 9.93. The maximum absolute atomic E-state index is 9.35. The molecule has 0 aromatic carbocycles. The average Bonchev–Trinajstić information content (AvgIpc) is 2.94. The number of aryl methyl sites for hydroxylation is 1. The lowest BCUT2D eigenvalue weighted by molar-refractivity contribution is 0.153. The van der Waals surface area contributed by atoms with E-state index in [1.807, 2.05) is 11.3 Å². The molecule has 1 aliphatic heterocycles. The molecule has 3 nitrogen and oxygen atoms in total. The van der Waals surface area contributed by atoms with Crippen molar-refractivity contribution in [2.24, 2.45) is 5.92 Å². The number of hydrogen-bond acceptors (Lipinski definition) is 4. The minimum Gasteiger partial charge on any atom is -0.395 e. The molecule has 1 aromatic rings. The van der Waals surface area contributed by atoms with Gasteiger partial charge in [-0.15, -0.1) is 11.3 Å². The second-order valence-electron chi connectivity index (χ2n) is 5.77. The summed E-state index contributed by atoms with van der Waals surface area (Å²) in [5, 5.41) is 10.6. The van der Waals surface area contributed by atoms with Gasteiger partial charge in [-0.3, -0.25) is 4.90 Å². The van der Waals surface area contributed by atoms with Crippen LogP contribution in [0.1, 0.15) is 41.8 Å². The molecule has 1 N–H and O–H groups in total. The highest BCUT2D eigenvalue weighted by Crippen LogP contribution is 2.31. The summed E-state index contributed by atoms with van der Waals surface area (Å²) < 4.78 is 0. The van der Waals surface area contributed by atoms with Crippen LogP contribution in [0.15, 0.2) is 0 Å². The van der Waals surface area contributed by atoms with Crippen molar-refractivity contribution in [1.82, 2.24) is 9.88 Å². The maximum atomic E-state index is 9.35. The second kappa shape index (κ2) is 5.27. The molecule has 1 fully saturated rings. The fourth-order valence-electron chi connectivity index (χ4n) is 3.14. The van der Waals surface area contributed by atoms with E-state index < -0.39 is 0 Å². The number of likely N-dealkylation sites (tertiary alicyclic amines) is 1. The SMILES string of the molecule is CC1CCc2nc(CN3CCC[C@@H]3CO)sc2C1. The topological polar surface area (TPSA) is 36.4 Å². The fraction of sp³-hybridized carbons (Fsp3) is 0.786. The summed E-state index contributed by atoms with van der Waals surface area (Å²) in [4.78, 5) is 8.73. The van der Waals surface area contributed by atoms with Crippen molar-refractivity contribution >= 4 is 11.3 Å². The zero-order valence-corrected chi connectivity index (χ0v) is 11.9. The van der Waals surface area contributed by atoms with E-state index in [2.05, 4.69) is 11.8 Å². The molecule has 1 aliphatic carbocycles. The summed E-state index contributed by atoms with van der Waals surface area (Å²) in [6.07, 6.45) is 6.03. The summed E-state index contributed by atoms with van der Waals surface area (Å²) in [7, 11) is 0. The van der Waals surface area contributed by atoms with Crippen LogP contribution in [0.25, 0.3) is 0 Å². The third-order valence-electron chi connectivity index (χ3n) is 4.28. The number of aliphatic hydroxyl groups is 1. The van der Waals surface area contributed by atoms with Crippen LogP contribution in [0.4, 0.5) is 0 Å². The minimum absolute atomic E-state index is 0.294. The van der Waals surface area contributed by atoms with E-state index in [1.165, 1.54) is 34.8 Å². The van der Waals surface area contributed by atoms with Gasteiger partial charge in [-0.1, -0.05) is 6.92 Å². The van der Waals surface area contributed by atoms with E-state index in [-0.39, 0.29) is 0 Å². The maximum Gasteiger partial charge on any atom is 0.107 e. The van der Waals surface area contributed by atoms with Crippen LogP contribution in [-0.4, -0.2) is 34.2 Å². The van der Waals surface area contributed by atoms with Crippen molar-refractivity contribution in [2.75, 3.05) is 13.2 Å². The van der Waals surface area contributed by atoms with Crippen LogP contribution in [0.2, 0.25) is 0 Å². The Morgan fingerprint density at radius 2 is 2.33 bits per heavy atom. The molecule has 1 aromatic heterocycles. The van der Waals surface area contributed by atoms with E-state index in [1.54, 1.807) is 0 Å². The molecule has 100 valence electrons. The highest BCUT2D eigenvalue weighted by atomic mass is 32.1. The van der Waals surface area contributed by atoms with Crippen molar-refractivity contribution < 1.29 is 5.11 Å². The normalized spacial score (nSPS) is 28.6. The average molecular weight is 266 g/mol. The third-order valence-corrected chi connectivity index (χ3v) is 5.38. The van der Waals surface area contributed by atoms with Gasteiger partial charge in [0.05, 0.1) is 18.8 Å². The standard InChI is InChI=1S/C14H22N2OS/c1-10-4-5-12-13(7-10)18-14(15-12)8-16-6-2-3-11(16)9-17/h10-11,17H,2-9H2,1H3/t10?,11-/m1/s1. The molecule has 0 radical (unpaired) electrons. The molecule has 3 rings (SSSR count). The van der Waals surface area contributed by atoms with Crippen LogP contribution >= 0.6 is 11.3 Å². The predicted octanol–water partition coefficient (Wildman–Crippen LogP) is 2.22. The molecule has 0 amide bonds. The predicted molar refractivity (Wildman–Crippen MR) is 73.8 cm³/mol. The Labute approximate surface area is 113 Å². The summed E-state index contributed by atoms with van der Waals surface area (Å²) in [6, 6.07) is 0.366. The van der Waals surface area contributed by atoms with Gasteiger partial charge in [0.15, 0.2) is 0 Å². The number of hydrogen-bond donors (Lipinski definition) is 1. The molecular weight excluding hydrogens is 244 g/mol. The monoisotopic (exact) mass is 266 g/mol. The Morgan fingerprint density at radius 1 is 1.44 bits per heavy atom. The largest absolute Gasteiger partial charge is 0.395 e. The highest BCUT2D eigenvalue weighted by molar-refractivity contribution is 7.11. The van der Waals surface area contributed by atoms with Gasteiger partial charge in [0.25, 0.3) is 0 Å². The lowest BCUT2D eigenvalue weighted by Gasteiger charge is -2.20. The first-order valence-corrected chi connectivity index (χ1v) is 7.90. The molecular formula is C14H22N2OS. The summed E-state index contributed by atoms with van der Waals surface area (Å²) in [5.41, 5.74) is 1.35. The molecule has 1 saturated heterocycles. The number of fused-ring (bicyclic) bond motifs is 1. The fourth-order valence-corrected chi connectivity index (χ4v) is 4.45. The van der Waals surface area contributed by atoms with E-state index in [4.69, 9.17) is 4.98 Å². The van der Waals surface area contributed by atoms with Gasteiger partial charge in [-0.25, -0.2) is 4.98 Å². The minimum atomic E-state index is 0.294. The van der Waals surface area contributed by atoms with E-state index in [0.29, 0.717) is 12.6 Å². The Bertz CT molecular complexity index is 418. The number of thiazole rings is 1. The number of aromatic nitrogens is 1. The van der Waals surface area contributed by atoms with Gasteiger partial charge < -0.3 is 5.11 Å². The van der Waals surface area contributed by atoms with Crippen molar-refractivity contribution in [3.8, 4) is 0 Å². The lowest BCUT2D eigenvalue weighted by Crippen LogP contribution is -2.31. The molecule has 18 heavy (non-hydrogen) atoms. The van der Waals surface area contributed by atoms with E-state index in [9.17, 15) is 5.11 Å². The van der Waals surface area contributed by atoms with Crippen LogP contribution in [-0.2, 0) is 19.4 Å². The van der Waals surface area contributed by atoms with Gasteiger partial charge in [-0.05, 0) is 44.6 Å². The Balaban J connectivity index is 1.70. The van der Waals surface area contributed by atoms with Gasteiger partial charge in [0, 0.05) is 10.9 Å². The van der Waals surface area contributed by atoms with Crippen molar-refractivity contribution in [3.63, 3.8) is 0 Å². The quantitative estimate of drug-likeness (QED) is 0.911. The number of rotatable bonds is 3. The van der Waals surface area contributed by atoms with Crippen molar-refractivity contribution in [3.05, 3.63) is 15.6 Å².